The molecule has 0 radical (unpaired) electrons. The largest absolute Gasteiger partial charge is 0.292 e. The maximum Gasteiger partial charge on any atom is 0.146 e. The molecule has 34 heavy (non-hydrogen) atoms. The summed E-state index contributed by atoms with van der Waals surface area (Å²) < 4.78 is 2.23. The van der Waals surface area contributed by atoms with Crippen molar-refractivity contribution in [1.82, 2.24) is 19.4 Å². The van der Waals surface area contributed by atoms with Crippen molar-refractivity contribution >= 4 is 50.0 Å². The van der Waals surface area contributed by atoms with Crippen LogP contribution >= 0.6 is 11.6 Å². The molecule has 0 bridgehead atoms. The summed E-state index contributed by atoms with van der Waals surface area (Å²) in [5.41, 5.74) is 7.70. The molecule has 0 N–H and O–H groups in total. The molecular formula is C29H17ClN4. The Morgan fingerprint density at radius 2 is 1.44 bits per heavy atom. The number of nitrogens with zero attached hydrogens (tertiary/aromatic N) is 4. The second-order valence-corrected chi connectivity index (χ2v) is 8.74. The number of benzene rings is 3. The molecule has 5 heteroatoms. The maximum atomic E-state index is 6.46. The van der Waals surface area contributed by atoms with Crippen LogP contribution in [0.15, 0.2) is 103 Å². The van der Waals surface area contributed by atoms with Gasteiger partial charge in [0.25, 0.3) is 0 Å². The molecule has 0 aliphatic heterocycles. The maximum absolute atomic E-state index is 6.46. The van der Waals surface area contributed by atoms with Crippen LogP contribution in [-0.2, 0) is 0 Å². The number of aromatic nitrogens is 4. The summed E-state index contributed by atoms with van der Waals surface area (Å²) in [6.07, 6.45) is 1.79. The molecule has 0 aliphatic rings. The molecule has 0 spiro atoms. The SMILES string of the molecule is Clc1ccc2c(c1)c1cc(-c3cccc(-c4ccccn4)n3)ccc1c1nc3ccccc3n21. The fourth-order valence-corrected chi connectivity index (χ4v) is 4.92. The Bertz CT molecular complexity index is 1870. The van der Waals surface area contributed by atoms with Crippen molar-refractivity contribution in [1.29, 1.82) is 0 Å². The topological polar surface area (TPSA) is 43.1 Å². The first-order valence-corrected chi connectivity index (χ1v) is 11.5. The first-order chi connectivity index (χ1) is 16.8. The quantitative estimate of drug-likeness (QED) is 0.252. The molecule has 7 aromatic rings. The zero-order chi connectivity index (χ0) is 22.6. The summed E-state index contributed by atoms with van der Waals surface area (Å²) in [5.74, 6) is 0. The summed E-state index contributed by atoms with van der Waals surface area (Å²) in [7, 11) is 0. The number of hydrogen-bond donors (Lipinski definition) is 0. The van der Waals surface area contributed by atoms with E-state index in [0.29, 0.717) is 5.02 Å². The molecule has 0 fully saturated rings. The third kappa shape index (κ3) is 2.89. The van der Waals surface area contributed by atoms with Gasteiger partial charge in [-0.25, -0.2) is 9.97 Å². The third-order valence-electron chi connectivity index (χ3n) is 6.28. The molecule has 3 aromatic carbocycles. The highest BCUT2D eigenvalue weighted by Gasteiger charge is 2.15. The molecule has 0 saturated heterocycles. The lowest BCUT2D eigenvalue weighted by atomic mass is 10.0. The molecule has 4 nitrogen and oxygen atoms in total. The van der Waals surface area contributed by atoms with E-state index in [-0.39, 0.29) is 0 Å². The van der Waals surface area contributed by atoms with Gasteiger partial charge in [-0.15, -0.1) is 0 Å². The summed E-state index contributed by atoms with van der Waals surface area (Å²) >= 11 is 6.46. The van der Waals surface area contributed by atoms with E-state index in [9.17, 15) is 0 Å². The first kappa shape index (κ1) is 19.2. The van der Waals surface area contributed by atoms with Crippen molar-refractivity contribution in [2.24, 2.45) is 0 Å². The van der Waals surface area contributed by atoms with Crippen LogP contribution in [0.25, 0.3) is 61.0 Å². The number of rotatable bonds is 2. The Hall–Kier alpha value is -4.28. The molecule has 160 valence electrons. The van der Waals surface area contributed by atoms with Gasteiger partial charge in [0.15, 0.2) is 0 Å². The van der Waals surface area contributed by atoms with Crippen molar-refractivity contribution in [3.05, 3.63) is 108 Å². The van der Waals surface area contributed by atoms with Gasteiger partial charge >= 0.3 is 0 Å². The lowest BCUT2D eigenvalue weighted by Gasteiger charge is -2.11. The van der Waals surface area contributed by atoms with Crippen LogP contribution in [0.4, 0.5) is 0 Å². The zero-order valence-electron chi connectivity index (χ0n) is 18.0. The van der Waals surface area contributed by atoms with Gasteiger partial charge in [0, 0.05) is 27.6 Å². The highest BCUT2D eigenvalue weighted by molar-refractivity contribution is 6.32. The van der Waals surface area contributed by atoms with Crippen molar-refractivity contribution in [2.45, 2.75) is 0 Å². The third-order valence-corrected chi connectivity index (χ3v) is 6.52. The van der Waals surface area contributed by atoms with Crippen molar-refractivity contribution in [3.8, 4) is 22.6 Å². The second-order valence-electron chi connectivity index (χ2n) is 8.30. The lowest BCUT2D eigenvalue weighted by Crippen LogP contribution is -1.93. The predicted octanol–water partition coefficient (Wildman–Crippen LogP) is 7.57. The van der Waals surface area contributed by atoms with E-state index in [0.717, 1.165) is 61.0 Å². The minimum atomic E-state index is 0.707. The number of imidazole rings is 1. The molecule has 7 rings (SSSR count). The molecule has 0 aliphatic carbocycles. The number of para-hydroxylation sites is 2. The summed E-state index contributed by atoms with van der Waals surface area (Å²) in [4.78, 5) is 14.3. The Morgan fingerprint density at radius 1 is 0.588 bits per heavy atom. The van der Waals surface area contributed by atoms with Crippen LogP contribution in [0.5, 0.6) is 0 Å². The van der Waals surface area contributed by atoms with Gasteiger partial charge in [0.05, 0.1) is 33.6 Å². The molecular weight excluding hydrogens is 440 g/mol. The van der Waals surface area contributed by atoms with Crippen LogP contribution in [0.2, 0.25) is 5.02 Å². The average Bonchev–Trinajstić information content (AvgIpc) is 3.29. The Balaban J connectivity index is 1.53. The van der Waals surface area contributed by atoms with Gasteiger partial charge in [0.1, 0.15) is 5.65 Å². The zero-order valence-corrected chi connectivity index (χ0v) is 18.7. The van der Waals surface area contributed by atoms with E-state index in [1.54, 1.807) is 6.20 Å². The van der Waals surface area contributed by atoms with Crippen LogP contribution in [0, 0.1) is 0 Å². The smallest absolute Gasteiger partial charge is 0.146 e. The van der Waals surface area contributed by atoms with Gasteiger partial charge < -0.3 is 0 Å². The lowest BCUT2D eigenvalue weighted by molar-refractivity contribution is 1.25. The molecule has 0 unspecified atom stereocenters. The van der Waals surface area contributed by atoms with Gasteiger partial charge in [0.2, 0.25) is 0 Å². The highest BCUT2D eigenvalue weighted by atomic mass is 35.5. The molecule has 4 heterocycles. The Kier molecular flexibility index (Phi) is 4.16. The average molecular weight is 457 g/mol. The standard InChI is InChI=1S/C29H17ClN4/c30-19-12-14-27-22(17-19)21-16-18(23-8-5-9-25(32-23)24-6-3-4-15-31-24)11-13-20(21)29-33-26-7-1-2-10-28(26)34(27)29/h1-17H. The van der Waals surface area contributed by atoms with Gasteiger partial charge in [-0.3, -0.25) is 9.38 Å². The molecule has 0 amide bonds. The van der Waals surface area contributed by atoms with Gasteiger partial charge in [-0.05, 0) is 72.1 Å². The number of pyridine rings is 3. The Morgan fingerprint density at radius 3 is 2.35 bits per heavy atom. The van der Waals surface area contributed by atoms with E-state index >= 15 is 0 Å². The number of hydrogen-bond acceptors (Lipinski definition) is 3. The molecule has 4 aromatic heterocycles. The first-order valence-electron chi connectivity index (χ1n) is 11.1. The second kappa shape index (κ2) is 7.37. The highest BCUT2D eigenvalue weighted by Crippen LogP contribution is 2.35. The summed E-state index contributed by atoms with van der Waals surface area (Å²) in [6.45, 7) is 0. The van der Waals surface area contributed by atoms with Crippen LogP contribution in [0.3, 0.4) is 0 Å². The minimum Gasteiger partial charge on any atom is -0.292 e. The van der Waals surface area contributed by atoms with Crippen LogP contribution in [0.1, 0.15) is 0 Å². The fourth-order valence-electron chi connectivity index (χ4n) is 4.74. The fraction of sp³-hybridized carbons (Fsp3) is 0. The van der Waals surface area contributed by atoms with E-state index in [4.69, 9.17) is 21.6 Å². The number of halogens is 1. The monoisotopic (exact) mass is 456 g/mol. The summed E-state index contributed by atoms with van der Waals surface area (Å²) in [6, 6.07) is 32.6. The Labute approximate surface area is 200 Å². The van der Waals surface area contributed by atoms with E-state index in [1.165, 1.54) is 0 Å². The van der Waals surface area contributed by atoms with Crippen molar-refractivity contribution in [3.63, 3.8) is 0 Å². The van der Waals surface area contributed by atoms with Gasteiger partial charge in [-0.1, -0.05) is 41.9 Å². The van der Waals surface area contributed by atoms with E-state index in [1.807, 2.05) is 60.7 Å². The predicted molar refractivity (Wildman–Crippen MR) is 139 cm³/mol. The van der Waals surface area contributed by atoms with Gasteiger partial charge in [-0.2, -0.15) is 0 Å². The van der Waals surface area contributed by atoms with E-state index < -0.39 is 0 Å². The van der Waals surface area contributed by atoms with E-state index in [2.05, 4.69) is 45.8 Å². The normalized spacial score (nSPS) is 11.7. The molecule has 0 saturated carbocycles. The number of fused-ring (bicyclic) bond motifs is 8. The van der Waals surface area contributed by atoms with Crippen LogP contribution < -0.4 is 0 Å². The van der Waals surface area contributed by atoms with Crippen molar-refractivity contribution in [2.75, 3.05) is 0 Å². The molecule has 0 atom stereocenters. The van der Waals surface area contributed by atoms with Crippen molar-refractivity contribution < 1.29 is 0 Å². The minimum absolute atomic E-state index is 0.707. The summed E-state index contributed by atoms with van der Waals surface area (Å²) in [5, 5.41) is 3.97. The van der Waals surface area contributed by atoms with Crippen LogP contribution in [-0.4, -0.2) is 19.4 Å².